The maximum atomic E-state index is 13.1. The van der Waals surface area contributed by atoms with Crippen LogP contribution >= 0.6 is 0 Å². The lowest BCUT2D eigenvalue weighted by atomic mass is 10.1. The average Bonchev–Trinajstić information content (AvgIpc) is 2.88. The number of carbonyl (C=O) groups is 1. The highest BCUT2D eigenvalue weighted by molar-refractivity contribution is 7.89. The largest absolute Gasteiger partial charge is 0.489 e. The fourth-order valence-corrected chi connectivity index (χ4v) is 5.20. The third-order valence-electron chi connectivity index (χ3n) is 4.67. The molecule has 1 aliphatic heterocycles. The van der Waals surface area contributed by atoms with Gasteiger partial charge in [-0.2, -0.15) is 9.40 Å². The number of hydrogen-bond donors (Lipinski definition) is 1. The number of aromatic nitrogens is 3. The SMILES string of the molecule is Cc1nn(C)c(C)c1S(=O)(=O)N1CCCC(Oc2ccnc(C(N)=O)c2)C1. The predicted octanol–water partition coefficient (Wildman–Crippen LogP) is 0.763. The van der Waals surface area contributed by atoms with Crippen LogP contribution in [0.1, 0.15) is 34.7 Å². The highest BCUT2D eigenvalue weighted by Crippen LogP contribution is 2.27. The van der Waals surface area contributed by atoms with Gasteiger partial charge in [-0.3, -0.25) is 14.5 Å². The van der Waals surface area contributed by atoms with Crippen molar-refractivity contribution >= 4 is 15.9 Å². The highest BCUT2D eigenvalue weighted by atomic mass is 32.2. The van der Waals surface area contributed by atoms with E-state index >= 15 is 0 Å². The van der Waals surface area contributed by atoms with E-state index in [-0.39, 0.29) is 23.2 Å². The van der Waals surface area contributed by atoms with E-state index in [1.165, 1.54) is 16.6 Å². The summed E-state index contributed by atoms with van der Waals surface area (Å²) in [7, 11) is -1.94. The van der Waals surface area contributed by atoms with Crippen LogP contribution in [0.15, 0.2) is 23.2 Å². The number of aryl methyl sites for hydroxylation is 2. The molecule has 0 aliphatic carbocycles. The molecule has 1 aliphatic rings. The third kappa shape index (κ3) is 3.81. The van der Waals surface area contributed by atoms with E-state index in [2.05, 4.69) is 10.1 Å². The second kappa shape index (κ2) is 7.28. The second-order valence-electron chi connectivity index (χ2n) is 6.61. The molecule has 3 rings (SSSR count). The lowest BCUT2D eigenvalue weighted by molar-refractivity contribution is 0.0993. The van der Waals surface area contributed by atoms with Gasteiger partial charge in [0, 0.05) is 25.9 Å². The van der Waals surface area contributed by atoms with Crippen LogP contribution < -0.4 is 10.5 Å². The lowest BCUT2D eigenvalue weighted by Gasteiger charge is -2.32. The standard InChI is InChI=1S/C17H23N5O4S/c1-11-16(12(2)21(3)20-11)27(24,25)22-8-4-5-14(10-22)26-13-6-7-19-15(9-13)17(18)23/h6-7,9,14H,4-5,8,10H2,1-3H3,(H2,18,23). The summed E-state index contributed by atoms with van der Waals surface area (Å²) in [5.74, 6) is -0.201. The molecule has 146 valence electrons. The van der Waals surface area contributed by atoms with Crippen molar-refractivity contribution in [2.24, 2.45) is 12.8 Å². The number of sulfonamides is 1. The Morgan fingerprint density at radius 1 is 1.37 bits per heavy atom. The molecular weight excluding hydrogens is 370 g/mol. The minimum absolute atomic E-state index is 0.106. The molecule has 3 heterocycles. The molecule has 0 radical (unpaired) electrons. The topological polar surface area (TPSA) is 120 Å². The first-order valence-electron chi connectivity index (χ1n) is 8.63. The van der Waals surface area contributed by atoms with Gasteiger partial charge in [0.25, 0.3) is 5.91 Å². The first-order chi connectivity index (χ1) is 12.7. The van der Waals surface area contributed by atoms with E-state index in [4.69, 9.17) is 10.5 Å². The molecule has 10 heteroatoms. The summed E-state index contributed by atoms with van der Waals surface area (Å²) in [6.45, 7) is 4.09. The molecule has 0 spiro atoms. The van der Waals surface area contributed by atoms with Gasteiger partial charge in [-0.1, -0.05) is 0 Å². The van der Waals surface area contributed by atoms with Crippen LogP contribution in [0.4, 0.5) is 0 Å². The van der Waals surface area contributed by atoms with Gasteiger partial charge < -0.3 is 10.5 Å². The van der Waals surface area contributed by atoms with E-state index in [9.17, 15) is 13.2 Å². The van der Waals surface area contributed by atoms with Gasteiger partial charge in [0.2, 0.25) is 10.0 Å². The molecule has 1 unspecified atom stereocenters. The summed E-state index contributed by atoms with van der Waals surface area (Å²) in [5.41, 5.74) is 6.43. The average molecular weight is 393 g/mol. The summed E-state index contributed by atoms with van der Waals surface area (Å²) in [6.07, 6.45) is 2.50. The minimum atomic E-state index is -3.67. The molecule has 0 bridgehead atoms. The Kier molecular flexibility index (Phi) is 5.20. The third-order valence-corrected chi connectivity index (χ3v) is 6.79. The quantitative estimate of drug-likeness (QED) is 0.801. The molecule has 1 fully saturated rings. The zero-order chi connectivity index (χ0) is 19.8. The van der Waals surface area contributed by atoms with Crippen LogP contribution in [0.3, 0.4) is 0 Å². The number of ether oxygens (including phenoxy) is 1. The summed E-state index contributed by atoms with van der Waals surface area (Å²) >= 11 is 0. The zero-order valence-corrected chi connectivity index (χ0v) is 16.4. The Balaban J connectivity index is 1.80. The summed E-state index contributed by atoms with van der Waals surface area (Å²) in [5, 5.41) is 4.21. The van der Waals surface area contributed by atoms with Crippen LogP contribution in [0.5, 0.6) is 5.75 Å². The van der Waals surface area contributed by atoms with Crippen LogP contribution in [0, 0.1) is 13.8 Å². The van der Waals surface area contributed by atoms with Crippen LogP contribution in [0.2, 0.25) is 0 Å². The molecule has 0 aromatic carbocycles. The number of primary amides is 1. The van der Waals surface area contributed by atoms with E-state index in [1.54, 1.807) is 31.6 Å². The number of nitrogens with zero attached hydrogens (tertiary/aromatic N) is 4. The molecule has 1 atom stereocenters. The van der Waals surface area contributed by atoms with Gasteiger partial charge in [-0.25, -0.2) is 8.42 Å². The van der Waals surface area contributed by atoms with Crippen molar-refractivity contribution in [3.63, 3.8) is 0 Å². The Bertz CT molecular complexity index is 970. The Hall–Kier alpha value is -2.46. The first kappa shape index (κ1) is 19.3. The number of pyridine rings is 1. The number of amides is 1. The highest BCUT2D eigenvalue weighted by Gasteiger charge is 2.34. The smallest absolute Gasteiger partial charge is 0.267 e. The van der Waals surface area contributed by atoms with Gasteiger partial charge in [0.15, 0.2) is 0 Å². The normalized spacial score (nSPS) is 18.4. The van der Waals surface area contributed by atoms with E-state index < -0.39 is 15.9 Å². The lowest BCUT2D eigenvalue weighted by Crippen LogP contribution is -2.44. The van der Waals surface area contributed by atoms with Crippen molar-refractivity contribution in [3.8, 4) is 5.75 Å². The molecule has 9 nitrogen and oxygen atoms in total. The van der Waals surface area contributed by atoms with Gasteiger partial charge in [-0.05, 0) is 32.8 Å². The summed E-state index contributed by atoms with van der Waals surface area (Å²) < 4.78 is 35.2. The monoisotopic (exact) mass is 393 g/mol. The second-order valence-corrected chi connectivity index (χ2v) is 8.48. The van der Waals surface area contributed by atoms with Crippen LogP contribution in [0.25, 0.3) is 0 Å². The number of carbonyl (C=O) groups excluding carboxylic acids is 1. The number of hydrogen-bond acceptors (Lipinski definition) is 6. The Labute approximate surface area is 158 Å². The molecule has 27 heavy (non-hydrogen) atoms. The minimum Gasteiger partial charge on any atom is -0.489 e. The molecule has 1 amide bonds. The molecule has 2 N–H and O–H groups in total. The van der Waals surface area contributed by atoms with E-state index in [1.807, 2.05) is 0 Å². The molecule has 1 saturated heterocycles. The number of nitrogens with two attached hydrogens (primary N) is 1. The summed E-state index contributed by atoms with van der Waals surface area (Å²) in [6, 6.07) is 3.08. The van der Waals surface area contributed by atoms with Crippen LogP contribution in [-0.4, -0.2) is 52.6 Å². The van der Waals surface area contributed by atoms with Gasteiger partial charge in [0.05, 0.1) is 17.9 Å². The number of rotatable bonds is 5. The Morgan fingerprint density at radius 2 is 2.11 bits per heavy atom. The van der Waals surface area contributed by atoms with Gasteiger partial charge in [-0.15, -0.1) is 0 Å². The maximum Gasteiger partial charge on any atom is 0.267 e. The van der Waals surface area contributed by atoms with E-state index in [0.717, 1.165) is 0 Å². The van der Waals surface area contributed by atoms with Crippen molar-refractivity contribution in [2.75, 3.05) is 13.1 Å². The maximum absolute atomic E-state index is 13.1. The zero-order valence-electron chi connectivity index (χ0n) is 15.5. The summed E-state index contributed by atoms with van der Waals surface area (Å²) in [4.78, 5) is 15.4. The van der Waals surface area contributed by atoms with E-state index in [0.29, 0.717) is 36.5 Å². The predicted molar refractivity (Wildman–Crippen MR) is 97.8 cm³/mol. The molecular formula is C17H23N5O4S. The molecule has 2 aromatic heterocycles. The number of piperidine rings is 1. The van der Waals surface area contributed by atoms with Crippen molar-refractivity contribution in [1.82, 2.24) is 19.1 Å². The fraction of sp³-hybridized carbons (Fsp3) is 0.471. The Morgan fingerprint density at radius 3 is 2.74 bits per heavy atom. The molecule has 2 aromatic rings. The van der Waals surface area contributed by atoms with Gasteiger partial charge >= 0.3 is 0 Å². The van der Waals surface area contributed by atoms with Crippen molar-refractivity contribution in [1.29, 1.82) is 0 Å². The van der Waals surface area contributed by atoms with Crippen molar-refractivity contribution < 1.29 is 17.9 Å². The van der Waals surface area contributed by atoms with Crippen molar-refractivity contribution in [2.45, 2.75) is 37.7 Å². The van der Waals surface area contributed by atoms with Crippen molar-refractivity contribution in [3.05, 3.63) is 35.4 Å². The molecule has 0 saturated carbocycles. The fourth-order valence-electron chi connectivity index (χ4n) is 3.29. The first-order valence-corrected chi connectivity index (χ1v) is 10.1. The van der Waals surface area contributed by atoms with Crippen LogP contribution in [-0.2, 0) is 17.1 Å². The van der Waals surface area contributed by atoms with Gasteiger partial charge in [0.1, 0.15) is 22.4 Å².